The molecule has 1 aromatic heterocycles. The molecule has 0 spiro atoms. The Bertz CT molecular complexity index is 630. The molecular weight excluding hydrogens is 251 g/mol. The van der Waals surface area contributed by atoms with Gasteiger partial charge in [-0.2, -0.15) is 0 Å². The summed E-state index contributed by atoms with van der Waals surface area (Å²) in [5, 5.41) is 3.76. The van der Waals surface area contributed by atoms with E-state index in [0.29, 0.717) is 17.0 Å². The van der Waals surface area contributed by atoms with E-state index in [4.69, 9.17) is 10.3 Å². The Balaban J connectivity index is 2.71. The van der Waals surface area contributed by atoms with E-state index >= 15 is 0 Å². The molecule has 1 heterocycles. The van der Waals surface area contributed by atoms with Crippen molar-refractivity contribution in [1.82, 2.24) is 5.16 Å². The van der Waals surface area contributed by atoms with E-state index in [1.807, 2.05) is 0 Å². The summed E-state index contributed by atoms with van der Waals surface area (Å²) in [5.74, 6) is -1.08. The predicted octanol–water partition coefficient (Wildman–Crippen LogP) is 2.47. The van der Waals surface area contributed by atoms with E-state index in [2.05, 4.69) is 9.89 Å². The van der Waals surface area contributed by atoms with Gasteiger partial charge in [0.25, 0.3) is 0 Å². The van der Waals surface area contributed by atoms with Crippen molar-refractivity contribution in [3.05, 3.63) is 35.0 Å². The van der Waals surface area contributed by atoms with Crippen LogP contribution in [0, 0.1) is 19.7 Å². The Kier molecular flexibility index (Phi) is 3.25. The average molecular weight is 264 g/mol. The minimum absolute atomic E-state index is 0.0276. The van der Waals surface area contributed by atoms with E-state index in [-0.39, 0.29) is 16.8 Å². The Morgan fingerprint density at radius 2 is 2.11 bits per heavy atom. The minimum Gasteiger partial charge on any atom is -0.465 e. The highest BCUT2D eigenvalue weighted by atomic mass is 19.1. The Morgan fingerprint density at radius 1 is 1.42 bits per heavy atom. The maximum absolute atomic E-state index is 14.4. The number of carbonyl (C=O) groups is 1. The fraction of sp³-hybridized carbons (Fsp3) is 0.231. The van der Waals surface area contributed by atoms with Crippen LogP contribution in [-0.2, 0) is 4.74 Å². The quantitative estimate of drug-likeness (QED) is 0.665. The molecule has 6 heteroatoms. The topological polar surface area (TPSA) is 78.4 Å². The van der Waals surface area contributed by atoms with Gasteiger partial charge in [-0.05, 0) is 26.0 Å². The Labute approximate surface area is 109 Å². The number of nitrogens with two attached hydrogens (primary N) is 1. The van der Waals surface area contributed by atoms with Crippen molar-refractivity contribution in [3.63, 3.8) is 0 Å². The lowest BCUT2D eigenvalue weighted by Crippen LogP contribution is -2.09. The van der Waals surface area contributed by atoms with Crippen LogP contribution in [0.2, 0.25) is 0 Å². The first-order valence-electron chi connectivity index (χ1n) is 5.57. The number of halogens is 1. The van der Waals surface area contributed by atoms with Gasteiger partial charge >= 0.3 is 5.97 Å². The number of aryl methyl sites for hydroxylation is 2. The van der Waals surface area contributed by atoms with Crippen LogP contribution in [0.1, 0.15) is 21.8 Å². The smallest absolute Gasteiger partial charge is 0.342 e. The normalized spacial score (nSPS) is 10.5. The largest absolute Gasteiger partial charge is 0.465 e. The fourth-order valence-corrected chi connectivity index (χ4v) is 1.96. The van der Waals surface area contributed by atoms with E-state index in [1.165, 1.54) is 19.2 Å². The van der Waals surface area contributed by atoms with Crippen LogP contribution in [0.25, 0.3) is 11.1 Å². The molecule has 0 amide bonds. The molecule has 0 fully saturated rings. The van der Waals surface area contributed by atoms with Gasteiger partial charge in [-0.1, -0.05) is 5.16 Å². The first-order valence-corrected chi connectivity index (χ1v) is 5.57. The zero-order chi connectivity index (χ0) is 14.2. The SMILES string of the molecule is COC(=O)c1c(N)ccc(-c2c(C)noc2C)c1F. The van der Waals surface area contributed by atoms with Crippen LogP contribution < -0.4 is 5.73 Å². The molecule has 0 bridgehead atoms. The van der Waals surface area contributed by atoms with Crippen molar-refractivity contribution in [2.75, 3.05) is 12.8 Å². The van der Waals surface area contributed by atoms with Gasteiger partial charge in [0.15, 0.2) is 0 Å². The zero-order valence-corrected chi connectivity index (χ0v) is 10.8. The first-order chi connectivity index (χ1) is 8.97. The number of methoxy groups -OCH3 is 1. The standard InChI is InChI=1S/C13H13FN2O3/c1-6-10(7(2)19-16-6)8-4-5-9(15)11(12(8)14)13(17)18-3/h4-5H,15H2,1-3H3. The van der Waals surface area contributed by atoms with E-state index in [9.17, 15) is 9.18 Å². The first kappa shape index (κ1) is 13.1. The number of esters is 1. The second-order valence-corrected chi connectivity index (χ2v) is 4.08. The molecule has 0 aliphatic rings. The Hall–Kier alpha value is -2.37. The van der Waals surface area contributed by atoms with Gasteiger partial charge in [-0.25, -0.2) is 9.18 Å². The summed E-state index contributed by atoms with van der Waals surface area (Å²) in [5.41, 5.74) is 6.64. The molecule has 2 rings (SSSR count). The number of anilines is 1. The number of hydrogen-bond acceptors (Lipinski definition) is 5. The highest BCUT2D eigenvalue weighted by Crippen LogP contribution is 2.32. The summed E-state index contributed by atoms with van der Waals surface area (Å²) >= 11 is 0. The summed E-state index contributed by atoms with van der Waals surface area (Å²) in [6.07, 6.45) is 0. The average Bonchev–Trinajstić information content (AvgIpc) is 2.70. The second-order valence-electron chi connectivity index (χ2n) is 4.08. The van der Waals surface area contributed by atoms with Crippen LogP contribution in [0.15, 0.2) is 16.7 Å². The fourth-order valence-electron chi connectivity index (χ4n) is 1.96. The molecule has 0 aliphatic carbocycles. The van der Waals surface area contributed by atoms with E-state index in [0.717, 1.165) is 0 Å². The van der Waals surface area contributed by atoms with Crippen molar-refractivity contribution in [2.45, 2.75) is 13.8 Å². The third-order valence-corrected chi connectivity index (χ3v) is 2.87. The molecule has 2 aromatic rings. The van der Waals surface area contributed by atoms with Crippen molar-refractivity contribution < 1.29 is 18.4 Å². The van der Waals surface area contributed by atoms with Gasteiger partial charge in [0.1, 0.15) is 17.1 Å². The van der Waals surface area contributed by atoms with Gasteiger partial charge in [-0.15, -0.1) is 0 Å². The van der Waals surface area contributed by atoms with Gasteiger partial charge in [0.2, 0.25) is 0 Å². The summed E-state index contributed by atoms with van der Waals surface area (Å²) < 4.78 is 24.0. The van der Waals surface area contributed by atoms with Gasteiger partial charge in [-0.3, -0.25) is 0 Å². The summed E-state index contributed by atoms with van der Waals surface area (Å²) in [4.78, 5) is 11.6. The molecule has 2 N–H and O–H groups in total. The molecule has 1 aromatic carbocycles. The predicted molar refractivity (Wildman–Crippen MR) is 67.1 cm³/mol. The van der Waals surface area contributed by atoms with Crippen LogP contribution in [0.3, 0.4) is 0 Å². The maximum Gasteiger partial charge on any atom is 0.342 e. The summed E-state index contributed by atoms with van der Waals surface area (Å²) in [6.45, 7) is 3.36. The maximum atomic E-state index is 14.4. The molecular formula is C13H13FN2O3. The third kappa shape index (κ3) is 2.05. The molecule has 0 atom stereocenters. The van der Waals surface area contributed by atoms with Gasteiger partial charge in [0, 0.05) is 11.3 Å². The van der Waals surface area contributed by atoms with Crippen molar-refractivity contribution >= 4 is 11.7 Å². The lowest BCUT2D eigenvalue weighted by molar-refractivity contribution is 0.0597. The number of benzene rings is 1. The molecule has 0 aliphatic heterocycles. The summed E-state index contributed by atoms with van der Waals surface area (Å²) in [7, 11) is 1.17. The van der Waals surface area contributed by atoms with Crippen LogP contribution in [-0.4, -0.2) is 18.2 Å². The van der Waals surface area contributed by atoms with Crippen molar-refractivity contribution in [1.29, 1.82) is 0 Å². The van der Waals surface area contributed by atoms with Crippen LogP contribution in [0.5, 0.6) is 0 Å². The number of nitrogen functional groups attached to an aromatic ring is 1. The summed E-state index contributed by atoms with van der Waals surface area (Å²) in [6, 6.07) is 2.94. The molecule has 0 saturated heterocycles. The van der Waals surface area contributed by atoms with Crippen molar-refractivity contribution in [3.8, 4) is 11.1 Å². The molecule has 19 heavy (non-hydrogen) atoms. The van der Waals surface area contributed by atoms with E-state index in [1.54, 1.807) is 13.8 Å². The number of nitrogens with zero attached hydrogens (tertiary/aromatic N) is 1. The third-order valence-electron chi connectivity index (χ3n) is 2.87. The molecule has 100 valence electrons. The molecule has 0 unspecified atom stereocenters. The molecule has 0 radical (unpaired) electrons. The molecule has 0 saturated carbocycles. The lowest BCUT2D eigenvalue weighted by atomic mass is 9.99. The van der Waals surface area contributed by atoms with Crippen LogP contribution in [0.4, 0.5) is 10.1 Å². The molecule has 5 nitrogen and oxygen atoms in total. The monoisotopic (exact) mass is 264 g/mol. The minimum atomic E-state index is -0.816. The van der Waals surface area contributed by atoms with Crippen LogP contribution >= 0.6 is 0 Å². The van der Waals surface area contributed by atoms with E-state index < -0.39 is 11.8 Å². The lowest BCUT2D eigenvalue weighted by Gasteiger charge is -2.09. The van der Waals surface area contributed by atoms with Gasteiger partial charge < -0.3 is 15.0 Å². The second kappa shape index (κ2) is 4.72. The number of ether oxygens (including phenoxy) is 1. The highest BCUT2D eigenvalue weighted by molar-refractivity contribution is 5.97. The van der Waals surface area contributed by atoms with Gasteiger partial charge in [0.05, 0.1) is 18.4 Å². The highest BCUT2D eigenvalue weighted by Gasteiger charge is 2.23. The Morgan fingerprint density at radius 3 is 2.63 bits per heavy atom. The zero-order valence-electron chi connectivity index (χ0n) is 10.8. The number of aromatic nitrogens is 1. The number of carbonyl (C=O) groups excluding carboxylic acids is 1. The number of rotatable bonds is 2. The number of hydrogen-bond donors (Lipinski definition) is 1. The van der Waals surface area contributed by atoms with Crippen molar-refractivity contribution in [2.24, 2.45) is 0 Å².